The average Bonchev–Trinajstić information content (AvgIpc) is 2.77. The smallest absolute Gasteiger partial charge is 0.285 e. The first kappa shape index (κ1) is 13.3. The van der Waals surface area contributed by atoms with Crippen LogP contribution in [0.25, 0.3) is 0 Å². The number of benzene rings is 1. The fourth-order valence-corrected chi connectivity index (χ4v) is 1.42. The van der Waals surface area contributed by atoms with Crippen LogP contribution in [0.4, 0.5) is 21.7 Å². The van der Waals surface area contributed by atoms with Gasteiger partial charge in [-0.15, -0.1) is 5.10 Å². The van der Waals surface area contributed by atoms with Gasteiger partial charge in [0.15, 0.2) is 5.82 Å². The van der Waals surface area contributed by atoms with Gasteiger partial charge >= 0.3 is 0 Å². The second kappa shape index (κ2) is 4.87. The van der Waals surface area contributed by atoms with E-state index in [4.69, 9.17) is 5.73 Å². The van der Waals surface area contributed by atoms with Gasteiger partial charge < -0.3 is 5.73 Å². The molecule has 10 nitrogen and oxygen atoms in total. The third-order valence-corrected chi connectivity index (χ3v) is 2.29. The molecule has 0 saturated heterocycles. The van der Waals surface area contributed by atoms with Crippen LogP contribution in [0.2, 0.25) is 0 Å². The number of anilines is 2. The van der Waals surface area contributed by atoms with Crippen LogP contribution in [-0.2, 0) is 7.05 Å². The molecule has 104 valence electrons. The first-order chi connectivity index (χ1) is 9.38. The first-order valence-corrected chi connectivity index (χ1v) is 5.17. The Morgan fingerprint density at radius 1 is 1.55 bits per heavy atom. The van der Waals surface area contributed by atoms with E-state index in [-0.39, 0.29) is 11.6 Å². The number of aryl methyl sites for hydroxylation is 1. The Morgan fingerprint density at radius 3 is 2.80 bits per heavy atom. The maximum absolute atomic E-state index is 13.2. The molecular formula is C9H8FN7O3. The number of aromatic nitrogens is 4. The van der Waals surface area contributed by atoms with Crippen molar-refractivity contribution in [2.24, 2.45) is 7.05 Å². The summed E-state index contributed by atoms with van der Waals surface area (Å²) in [6.45, 7) is 0. The van der Waals surface area contributed by atoms with E-state index in [0.29, 0.717) is 6.07 Å². The highest BCUT2D eigenvalue weighted by Crippen LogP contribution is 2.24. The maximum atomic E-state index is 13.2. The van der Waals surface area contributed by atoms with Gasteiger partial charge in [-0.3, -0.25) is 20.2 Å². The highest BCUT2D eigenvalue weighted by molar-refractivity contribution is 6.06. The SMILES string of the molecule is Cn1nnc(NC(=O)c2cc(N)c(F)cc2[N+](=O)[O-])n1. The van der Waals surface area contributed by atoms with Crippen LogP contribution in [0.5, 0.6) is 0 Å². The summed E-state index contributed by atoms with van der Waals surface area (Å²) >= 11 is 0. The molecule has 2 aromatic rings. The lowest BCUT2D eigenvalue weighted by atomic mass is 10.1. The number of nitrogens with two attached hydrogens (primary N) is 1. The van der Waals surface area contributed by atoms with Crippen LogP contribution in [0, 0.1) is 15.9 Å². The van der Waals surface area contributed by atoms with Gasteiger partial charge in [0, 0.05) is 0 Å². The van der Waals surface area contributed by atoms with Gasteiger partial charge in [-0.2, -0.15) is 4.80 Å². The zero-order valence-electron chi connectivity index (χ0n) is 10.1. The lowest BCUT2D eigenvalue weighted by molar-refractivity contribution is -0.385. The van der Waals surface area contributed by atoms with Gasteiger partial charge in [0.1, 0.15) is 5.56 Å². The van der Waals surface area contributed by atoms with Crippen molar-refractivity contribution in [3.63, 3.8) is 0 Å². The Balaban J connectivity index is 2.38. The molecule has 20 heavy (non-hydrogen) atoms. The van der Waals surface area contributed by atoms with Crippen LogP contribution < -0.4 is 11.1 Å². The number of nitrogens with zero attached hydrogens (tertiary/aromatic N) is 5. The van der Waals surface area contributed by atoms with Crippen LogP contribution in [0.3, 0.4) is 0 Å². The number of nitro groups is 1. The predicted molar refractivity (Wildman–Crippen MR) is 64.2 cm³/mol. The van der Waals surface area contributed by atoms with Crippen molar-refractivity contribution >= 4 is 23.2 Å². The third kappa shape index (κ3) is 2.50. The van der Waals surface area contributed by atoms with Crippen LogP contribution in [-0.4, -0.2) is 31.0 Å². The molecular weight excluding hydrogens is 273 g/mol. The van der Waals surface area contributed by atoms with Gasteiger partial charge in [-0.25, -0.2) is 4.39 Å². The van der Waals surface area contributed by atoms with Gasteiger partial charge in [0.05, 0.1) is 23.7 Å². The Bertz CT molecular complexity index is 699. The molecule has 0 aliphatic rings. The van der Waals surface area contributed by atoms with Crippen molar-refractivity contribution in [3.05, 3.63) is 33.6 Å². The maximum Gasteiger partial charge on any atom is 0.285 e. The summed E-state index contributed by atoms with van der Waals surface area (Å²) < 4.78 is 13.2. The minimum absolute atomic E-state index is 0.144. The zero-order valence-corrected chi connectivity index (χ0v) is 10.1. The molecule has 1 aromatic heterocycles. The fraction of sp³-hybridized carbons (Fsp3) is 0.111. The standard InChI is InChI=1S/C9H8FN7O3/c1-16-14-9(13-15-16)12-8(18)4-2-6(11)5(10)3-7(4)17(19)20/h2-3H,11H2,1H3,(H,12,14,18). The van der Waals surface area contributed by atoms with Crippen molar-refractivity contribution in [2.75, 3.05) is 11.1 Å². The molecule has 1 heterocycles. The second-order valence-electron chi connectivity index (χ2n) is 3.70. The molecule has 1 aromatic carbocycles. The third-order valence-electron chi connectivity index (χ3n) is 2.29. The Kier molecular flexibility index (Phi) is 3.25. The number of rotatable bonds is 3. The topological polar surface area (TPSA) is 142 Å². The molecule has 0 atom stereocenters. The summed E-state index contributed by atoms with van der Waals surface area (Å²) in [7, 11) is 1.47. The number of halogens is 1. The highest BCUT2D eigenvalue weighted by Gasteiger charge is 2.23. The molecule has 11 heteroatoms. The molecule has 0 bridgehead atoms. The summed E-state index contributed by atoms with van der Waals surface area (Å²) in [4.78, 5) is 22.9. The van der Waals surface area contributed by atoms with Gasteiger partial charge in [-0.1, -0.05) is 5.10 Å². The normalized spacial score (nSPS) is 10.3. The Labute approximate surface area is 110 Å². The lowest BCUT2D eigenvalue weighted by Gasteiger charge is -2.04. The van der Waals surface area contributed by atoms with E-state index in [0.717, 1.165) is 10.9 Å². The number of hydrogen-bond acceptors (Lipinski definition) is 7. The summed E-state index contributed by atoms with van der Waals surface area (Å²) in [6.07, 6.45) is 0. The van der Waals surface area contributed by atoms with E-state index in [2.05, 4.69) is 20.7 Å². The van der Waals surface area contributed by atoms with E-state index in [1.165, 1.54) is 7.05 Å². The summed E-state index contributed by atoms with van der Waals surface area (Å²) in [5.74, 6) is -2.02. The van der Waals surface area contributed by atoms with E-state index >= 15 is 0 Å². The number of carbonyl (C=O) groups is 1. The van der Waals surface area contributed by atoms with Crippen molar-refractivity contribution in [1.29, 1.82) is 0 Å². The van der Waals surface area contributed by atoms with Crippen LogP contribution >= 0.6 is 0 Å². The van der Waals surface area contributed by atoms with E-state index in [1.54, 1.807) is 0 Å². The molecule has 2 rings (SSSR count). The molecule has 3 N–H and O–H groups in total. The Morgan fingerprint density at radius 2 is 2.25 bits per heavy atom. The van der Waals surface area contributed by atoms with E-state index in [1.807, 2.05) is 0 Å². The molecule has 0 spiro atoms. The highest BCUT2D eigenvalue weighted by atomic mass is 19.1. The van der Waals surface area contributed by atoms with E-state index in [9.17, 15) is 19.3 Å². The summed E-state index contributed by atoms with van der Waals surface area (Å²) in [5, 5.41) is 23.7. The van der Waals surface area contributed by atoms with Gasteiger partial charge in [0.25, 0.3) is 17.5 Å². The minimum atomic E-state index is -0.981. The predicted octanol–water partition coefficient (Wildman–Crippen LogP) is 0.0919. The molecule has 0 fully saturated rings. The van der Waals surface area contributed by atoms with Crippen molar-refractivity contribution in [3.8, 4) is 0 Å². The van der Waals surface area contributed by atoms with Crippen LogP contribution in [0.15, 0.2) is 12.1 Å². The molecule has 0 saturated carbocycles. The average molecular weight is 281 g/mol. The monoisotopic (exact) mass is 281 g/mol. The molecule has 1 amide bonds. The van der Waals surface area contributed by atoms with Crippen molar-refractivity contribution < 1.29 is 14.1 Å². The zero-order chi connectivity index (χ0) is 14.9. The quantitative estimate of drug-likeness (QED) is 0.461. The molecule has 0 unspecified atom stereocenters. The lowest BCUT2D eigenvalue weighted by Crippen LogP contribution is -2.16. The second-order valence-corrected chi connectivity index (χ2v) is 3.70. The summed E-state index contributed by atoms with van der Waals surface area (Å²) in [6, 6.07) is 1.45. The molecule has 0 aliphatic carbocycles. The number of amides is 1. The number of nitro benzene ring substituents is 1. The molecule has 0 aliphatic heterocycles. The van der Waals surface area contributed by atoms with Gasteiger partial charge in [-0.05, 0) is 11.3 Å². The summed E-state index contributed by atoms with van der Waals surface area (Å²) in [5.41, 5.74) is 3.81. The van der Waals surface area contributed by atoms with Crippen LogP contribution in [0.1, 0.15) is 10.4 Å². The number of nitrogen functional groups attached to an aromatic ring is 1. The number of hydrogen-bond donors (Lipinski definition) is 2. The number of nitrogens with one attached hydrogen (secondary N) is 1. The first-order valence-electron chi connectivity index (χ1n) is 5.17. The fourth-order valence-electron chi connectivity index (χ4n) is 1.42. The minimum Gasteiger partial charge on any atom is -0.396 e. The van der Waals surface area contributed by atoms with Crippen molar-refractivity contribution in [2.45, 2.75) is 0 Å². The largest absolute Gasteiger partial charge is 0.396 e. The van der Waals surface area contributed by atoms with E-state index < -0.39 is 27.9 Å². The molecule has 0 radical (unpaired) electrons. The number of tetrazole rings is 1. The van der Waals surface area contributed by atoms with Gasteiger partial charge in [0.2, 0.25) is 0 Å². The van der Waals surface area contributed by atoms with Crippen molar-refractivity contribution in [1.82, 2.24) is 20.2 Å². The Hall–Kier alpha value is -3.11. The number of carbonyl (C=O) groups excluding carboxylic acids is 1.